The van der Waals surface area contributed by atoms with E-state index in [1.807, 2.05) is 36.4 Å². The highest BCUT2D eigenvalue weighted by Gasteiger charge is 2.35. The third-order valence-corrected chi connectivity index (χ3v) is 7.89. The molecule has 0 aliphatic carbocycles. The highest BCUT2D eigenvalue weighted by molar-refractivity contribution is 7.93. The van der Waals surface area contributed by atoms with Crippen molar-refractivity contribution in [1.29, 1.82) is 0 Å². The Labute approximate surface area is 176 Å². The van der Waals surface area contributed by atoms with E-state index in [2.05, 4.69) is 11.4 Å². The molecule has 1 unspecified atom stereocenters. The fourth-order valence-electron chi connectivity index (χ4n) is 4.55. The maximum atomic E-state index is 13.2. The molecule has 0 fully saturated rings. The van der Waals surface area contributed by atoms with Gasteiger partial charge in [0.25, 0.3) is 10.0 Å². The van der Waals surface area contributed by atoms with Crippen molar-refractivity contribution in [2.75, 3.05) is 17.4 Å². The molecule has 154 valence electrons. The van der Waals surface area contributed by atoms with E-state index in [4.69, 9.17) is 0 Å². The van der Waals surface area contributed by atoms with E-state index in [-0.39, 0.29) is 11.9 Å². The number of nitrogens with zero attached hydrogens (tertiary/aromatic N) is 1. The zero-order chi connectivity index (χ0) is 20.7. The lowest BCUT2D eigenvalue weighted by Crippen LogP contribution is -2.34. The molecule has 3 aromatic rings. The van der Waals surface area contributed by atoms with E-state index < -0.39 is 10.0 Å². The maximum Gasteiger partial charge on any atom is 0.265 e. The summed E-state index contributed by atoms with van der Waals surface area (Å²) in [6.07, 6.45) is 4.63. The molecular weight excluding hydrogens is 399 g/mol. The molecule has 0 saturated carbocycles. The van der Waals surface area contributed by atoms with E-state index in [1.54, 1.807) is 16.4 Å². The van der Waals surface area contributed by atoms with Crippen molar-refractivity contribution < 1.29 is 12.8 Å². The van der Waals surface area contributed by atoms with Crippen LogP contribution in [-0.4, -0.2) is 27.5 Å². The molecule has 30 heavy (non-hydrogen) atoms. The molecule has 3 aromatic carbocycles. The van der Waals surface area contributed by atoms with Crippen LogP contribution in [0.4, 0.5) is 10.1 Å². The second-order valence-electron chi connectivity index (χ2n) is 7.90. The fourth-order valence-corrected chi connectivity index (χ4v) is 6.30. The minimum absolute atomic E-state index is 0.229. The second kappa shape index (κ2) is 7.52. The van der Waals surface area contributed by atoms with Crippen molar-refractivity contribution >= 4 is 32.1 Å². The summed E-state index contributed by atoms with van der Waals surface area (Å²) in [7, 11) is -3.49. The smallest absolute Gasteiger partial charge is 0.265 e. The number of hydrogen-bond donors (Lipinski definition) is 1. The summed E-state index contributed by atoms with van der Waals surface area (Å²) in [5.41, 5.74) is 3.04. The Balaban J connectivity index is 1.27. The molecule has 4 nitrogen and oxygen atoms in total. The van der Waals surface area contributed by atoms with Gasteiger partial charge in [-0.15, -0.1) is 0 Å². The Kier molecular flexibility index (Phi) is 4.83. The number of rotatable bonds is 5. The summed E-state index contributed by atoms with van der Waals surface area (Å²) in [4.78, 5) is 0.410. The minimum Gasteiger partial charge on any atom is -0.310 e. The van der Waals surface area contributed by atoms with E-state index in [1.165, 1.54) is 17.7 Å². The molecule has 0 saturated heterocycles. The Hall–Kier alpha value is -2.70. The standard InChI is InChI=1S/C24H23FN2O2S/c25-20-11-9-17(10-12-20)19-13-14-26-21(16-19)6-3-15-27-22-7-1-4-18-5-2-8-23(24(18)22)30(27,28)29/h1-2,4-5,7-13,21,26H,3,6,14-16H2. The van der Waals surface area contributed by atoms with Crippen molar-refractivity contribution in [2.24, 2.45) is 0 Å². The third kappa shape index (κ3) is 3.30. The first-order chi connectivity index (χ1) is 14.5. The quantitative estimate of drug-likeness (QED) is 0.648. The Morgan fingerprint density at radius 1 is 1.03 bits per heavy atom. The third-order valence-electron chi connectivity index (χ3n) is 6.03. The molecule has 0 aromatic heterocycles. The molecule has 2 aliphatic heterocycles. The predicted octanol–water partition coefficient (Wildman–Crippen LogP) is 4.71. The number of halogens is 1. The van der Waals surface area contributed by atoms with Gasteiger partial charge < -0.3 is 5.32 Å². The first-order valence-electron chi connectivity index (χ1n) is 10.3. The van der Waals surface area contributed by atoms with Gasteiger partial charge in [-0.25, -0.2) is 12.8 Å². The highest BCUT2D eigenvalue weighted by atomic mass is 32.2. The van der Waals surface area contributed by atoms with Crippen LogP contribution in [-0.2, 0) is 10.0 Å². The summed E-state index contributed by atoms with van der Waals surface area (Å²) in [6, 6.07) is 18.1. The maximum absolute atomic E-state index is 13.2. The molecule has 0 spiro atoms. The van der Waals surface area contributed by atoms with Crippen LogP contribution in [0.3, 0.4) is 0 Å². The summed E-state index contributed by atoms with van der Waals surface area (Å²) in [6.45, 7) is 1.23. The van der Waals surface area contributed by atoms with Crippen LogP contribution in [0.2, 0.25) is 0 Å². The highest BCUT2D eigenvalue weighted by Crippen LogP contribution is 2.42. The fraction of sp³-hybridized carbons (Fsp3) is 0.250. The molecule has 6 heteroatoms. The van der Waals surface area contributed by atoms with Gasteiger partial charge in [0.05, 0.1) is 10.6 Å². The van der Waals surface area contributed by atoms with E-state index >= 15 is 0 Å². The first kappa shape index (κ1) is 19.3. The topological polar surface area (TPSA) is 49.4 Å². The van der Waals surface area contributed by atoms with Crippen LogP contribution < -0.4 is 9.62 Å². The van der Waals surface area contributed by atoms with Crippen LogP contribution in [0.15, 0.2) is 71.6 Å². The zero-order valence-electron chi connectivity index (χ0n) is 16.5. The number of anilines is 1. The molecule has 2 heterocycles. The van der Waals surface area contributed by atoms with Crippen LogP contribution in [0.5, 0.6) is 0 Å². The molecule has 0 radical (unpaired) electrons. The van der Waals surface area contributed by atoms with Crippen molar-refractivity contribution in [3.05, 3.63) is 78.1 Å². The van der Waals surface area contributed by atoms with Crippen molar-refractivity contribution in [1.82, 2.24) is 5.32 Å². The van der Waals surface area contributed by atoms with Gasteiger partial charge in [-0.3, -0.25) is 4.31 Å². The average Bonchev–Trinajstić information content (AvgIpc) is 2.98. The van der Waals surface area contributed by atoms with E-state index in [0.717, 1.165) is 47.8 Å². The molecule has 0 bridgehead atoms. The Morgan fingerprint density at radius 3 is 2.60 bits per heavy atom. The first-order valence-corrected chi connectivity index (χ1v) is 11.7. The van der Waals surface area contributed by atoms with Crippen LogP contribution in [0.25, 0.3) is 16.3 Å². The number of benzene rings is 3. The molecule has 5 rings (SSSR count). The van der Waals surface area contributed by atoms with Crippen LogP contribution in [0, 0.1) is 5.82 Å². The van der Waals surface area contributed by atoms with Crippen molar-refractivity contribution in [3.8, 4) is 0 Å². The second-order valence-corrected chi connectivity index (χ2v) is 9.73. The molecule has 1 N–H and O–H groups in total. The lowest BCUT2D eigenvalue weighted by molar-refractivity contribution is 0.487. The summed E-state index contributed by atoms with van der Waals surface area (Å²) in [5, 5.41) is 5.28. The van der Waals surface area contributed by atoms with Gasteiger partial charge in [-0.2, -0.15) is 0 Å². The van der Waals surface area contributed by atoms with Crippen LogP contribution >= 0.6 is 0 Å². The Morgan fingerprint density at radius 2 is 1.80 bits per heavy atom. The van der Waals surface area contributed by atoms with Gasteiger partial charge in [-0.05, 0) is 60.1 Å². The van der Waals surface area contributed by atoms with E-state index in [0.29, 0.717) is 11.4 Å². The van der Waals surface area contributed by atoms with Gasteiger partial charge in [0.1, 0.15) is 5.82 Å². The number of sulfonamides is 1. The number of nitrogens with one attached hydrogen (secondary N) is 1. The van der Waals surface area contributed by atoms with E-state index in [9.17, 15) is 12.8 Å². The van der Waals surface area contributed by atoms with Gasteiger partial charge >= 0.3 is 0 Å². The predicted molar refractivity (Wildman–Crippen MR) is 118 cm³/mol. The van der Waals surface area contributed by atoms with Crippen LogP contribution in [0.1, 0.15) is 24.8 Å². The normalized spacial score (nSPS) is 19.8. The van der Waals surface area contributed by atoms with Gasteiger partial charge in [0.15, 0.2) is 0 Å². The van der Waals surface area contributed by atoms with Crippen molar-refractivity contribution in [3.63, 3.8) is 0 Å². The SMILES string of the molecule is O=S1(=O)c2cccc3cccc(c23)N1CCCC1CC(c2ccc(F)cc2)=CCN1. The van der Waals surface area contributed by atoms with Gasteiger partial charge in [0, 0.05) is 24.5 Å². The number of hydrogen-bond acceptors (Lipinski definition) is 3. The largest absolute Gasteiger partial charge is 0.310 e. The van der Waals surface area contributed by atoms with Crippen molar-refractivity contribution in [2.45, 2.75) is 30.2 Å². The Bertz CT molecular complexity index is 1230. The average molecular weight is 423 g/mol. The zero-order valence-corrected chi connectivity index (χ0v) is 17.3. The molecule has 2 aliphatic rings. The van der Waals surface area contributed by atoms with Gasteiger partial charge in [-0.1, -0.05) is 42.5 Å². The lowest BCUT2D eigenvalue weighted by atomic mass is 9.93. The molecule has 0 amide bonds. The molecule has 1 atom stereocenters. The summed E-state index contributed by atoms with van der Waals surface area (Å²) >= 11 is 0. The van der Waals surface area contributed by atoms with Gasteiger partial charge in [0.2, 0.25) is 0 Å². The lowest BCUT2D eigenvalue weighted by Gasteiger charge is -2.26. The summed E-state index contributed by atoms with van der Waals surface area (Å²) in [5.74, 6) is -0.229. The minimum atomic E-state index is -3.49. The summed E-state index contributed by atoms with van der Waals surface area (Å²) < 4.78 is 40.9. The monoisotopic (exact) mass is 422 g/mol. The molecular formula is C24H23FN2O2S.